The minimum absolute atomic E-state index is 0.684. The summed E-state index contributed by atoms with van der Waals surface area (Å²) in [4.78, 5) is 0. The van der Waals surface area contributed by atoms with Crippen molar-refractivity contribution in [2.24, 2.45) is 0 Å². The van der Waals surface area contributed by atoms with E-state index in [1.165, 1.54) is 11.1 Å². The van der Waals surface area contributed by atoms with Gasteiger partial charge >= 0.3 is 0 Å². The Bertz CT molecular complexity index is 305. The summed E-state index contributed by atoms with van der Waals surface area (Å²) in [5.74, 6) is 0.684. The predicted octanol–water partition coefficient (Wildman–Crippen LogP) is 4.40. The molecule has 0 radical (unpaired) electrons. The number of benzene rings is 1. The van der Waals surface area contributed by atoms with Gasteiger partial charge in [-0.25, -0.2) is 0 Å². The maximum Gasteiger partial charge on any atom is 0.0258 e. The zero-order valence-electron chi connectivity index (χ0n) is 7.56. The Kier molecular flexibility index (Phi) is 4.54. The lowest BCUT2D eigenvalue weighted by Crippen LogP contribution is -1.77. The molecule has 0 heterocycles. The molecule has 0 saturated carbocycles. The maximum absolute atomic E-state index is 5.56. The third-order valence-electron chi connectivity index (χ3n) is 1.78. The van der Waals surface area contributed by atoms with Crippen LogP contribution in [0.5, 0.6) is 0 Å². The van der Waals surface area contributed by atoms with Crippen molar-refractivity contribution in [2.45, 2.75) is 13.3 Å². The smallest absolute Gasteiger partial charge is 0.0258 e. The maximum atomic E-state index is 5.56. The molecule has 70 valence electrons. The molecule has 0 bridgehead atoms. The fraction of sp³-hybridized carbons (Fsp3) is 0.273. The molecule has 13 heavy (non-hydrogen) atoms. The Hall–Kier alpha value is -0.270. The molecule has 0 aliphatic carbocycles. The zero-order chi connectivity index (χ0) is 9.68. The third kappa shape index (κ3) is 3.53. The summed E-state index contributed by atoms with van der Waals surface area (Å²) in [6.45, 7) is 2.08. The van der Waals surface area contributed by atoms with Gasteiger partial charge in [0.25, 0.3) is 0 Å². The molecule has 0 aliphatic rings. The van der Waals surface area contributed by atoms with Crippen LogP contribution in [0.2, 0.25) is 0 Å². The van der Waals surface area contributed by atoms with Crippen molar-refractivity contribution in [1.82, 2.24) is 0 Å². The molecule has 0 saturated heterocycles. The first-order valence-corrected chi connectivity index (χ1v) is 5.55. The quantitative estimate of drug-likeness (QED) is 0.706. The molecule has 1 aromatic carbocycles. The van der Waals surface area contributed by atoms with E-state index in [-0.39, 0.29) is 0 Å². The lowest BCUT2D eigenvalue weighted by Gasteiger charge is -1.98. The number of hydrogen-bond donors (Lipinski definition) is 0. The minimum atomic E-state index is 0.684. The Morgan fingerprint density at radius 2 is 2.23 bits per heavy atom. The lowest BCUT2D eigenvalue weighted by atomic mass is 10.1. The van der Waals surface area contributed by atoms with Gasteiger partial charge in [-0.2, -0.15) is 0 Å². The molecule has 0 spiro atoms. The van der Waals surface area contributed by atoms with Gasteiger partial charge in [-0.05, 0) is 30.5 Å². The molecule has 0 nitrogen and oxygen atoms in total. The fourth-order valence-corrected chi connectivity index (χ4v) is 1.52. The number of hydrogen-bond acceptors (Lipinski definition) is 0. The Balaban J connectivity index is 2.73. The summed E-state index contributed by atoms with van der Waals surface area (Å²) >= 11 is 9.06. The van der Waals surface area contributed by atoms with Crippen LogP contribution in [0.15, 0.2) is 28.7 Å². The number of halogens is 2. The molecule has 0 fully saturated rings. The van der Waals surface area contributed by atoms with Crippen LogP contribution in [0.4, 0.5) is 0 Å². The summed E-state index contributed by atoms with van der Waals surface area (Å²) in [5, 5.41) is 0. The van der Waals surface area contributed by atoms with E-state index in [0.717, 1.165) is 10.9 Å². The van der Waals surface area contributed by atoms with E-state index >= 15 is 0 Å². The van der Waals surface area contributed by atoms with E-state index in [1.54, 1.807) is 0 Å². The van der Waals surface area contributed by atoms with Crippen molar-refractivity contribution in [1.29, 1.82) is 0 Å². The number of rotatable bonds is 3. The largest absolute Gasteiger partial charge is 0.126 e. The summed E-state index contributed by atoms with van der Waals surface area (Å²) in [6, 6.07) is 6.31. The zero-order valence-corrected chi connectivity index (χ0v) is 9.90. The van der Waals surface area contributed by atoms with Gasteiger partial charge in [0.1, 0.15) is 0 Å². The van der Waals surface area contributed by atoms with E-state index in [4.69, 9.17) is 11.6 Å². The second-order valence-corrected chi connectivity index (χ2v) is 4.12. The standard InChI is InChI=1S/C11H12BrCl/c1-9-5-6-10(8-11(9)12)4-2-3-7-13/h2,4-6,8H,3,7H2,1H3. The first kappa shape index (κ1) is 10.8. The lowest BCUT2D eigenvalue weighted by molar-refractivity contribution is 1.24. The first-order valence-electron chi connectivity index (χ1n) is 4.22. The molecule has 2 heteroatoms. The van der Waals surface area contributed by atoms with Gasteiger partial charge in [-0.1, -0.05) is 40.2 Å². The van der Waals surface area contributed by atoms with E-state index in [9.17, 15) is 0 Å². The van der Waals surface area contributed by atoms with Crippen LogP contribution in [-0.4, -0.2) is 5.88 Å². The second-order valence-electron chi connectivity index (χ2n) is 2.89. The molecule has 0 amide bonds. The number of allylic oxidation sites excluding steroid dienone is 1. The van der Waals surface area contributed by atoms with Crippen LogP contribution < -0.4 is 0 Å². The highest BCUT2D eigenvalue weighted by molar-refractivity contribution is 9.10. The topological polar surface area (TPSA) is 0 Å². The fourth-order valence-electron chi connectivity index (χ4n) is 0.995. The molecule has 0 N–H and O–H groups in total. The predicted molar refractivity (Wildman–Crippen MR) is 63.3 cm³/mol. The van der Waals surface area contributed by atoms with Gasteiger partial charge in [0.05, 0.1) is 0 Å². The first-order chi connectivity index (χ1) is 6.24. The van der Waals surface area contributed by atoms with Crippen molar-refractivity contribution in [2.75, 3.05) is 5.88 Å². The highest BCUT2D eigenvalue weighted by Crippen LogP contribution is 2.18. The normalized spacial score (nSPS) is 11.0. The van der Waals surface area contributed by atoms with E-state index < -0.39 is 0 Å². The van der Waals surface area contributed by atoms with Crippen molar-refractivity contribution in [3.63, 3.8) is 0 Å². The highest BCUT2D eigenvalue weighted by Gasteiger charge is 1.93. The minimum Gasteiger partial charge on any atom is -0.126 e. The number of aryl methyl sites for hydroxylation is 1. The Morgan fingerprint density at radius 1 is 1.46 bits per heavy atom. The Labute approximate surface area is 92.7 Å². The SMILES string of the molecule is Cc1ccc(C=CCCCl)cc1Br. The van der Waals surface area contributed by atoms with Gasteiger partial charge in [-0.15, -0.1) is 11.6 Å². The van der Waals surface area contributed by atoms with Crippen LogP contribution in [0.1, 0.15) is 17.5 Å². The van der Waals surface area contributed by atoms with Crippen LogP contribution >= 0.6 is 27.5 Å². The van der Waals surface area contributed by atoms with E-state index in [0.29, 0.717) is 5.88 Å². The average Bonchev–Trinajstić information content (AvgIpc) is 2.12. The highest BCUT2D eigenvalue weighted by atomic mass is 79.9. The monoisotopic (exact) mass is 258 g/mol. The molecule has 0 unspecified atom stereocenters. The second kappa shape index (κ2) is 5.46. The van der Waals surface area contributed by atoms with Crippen LogP contribution in [0.3, 0.4) is 0 Å². The summed E-state index contributed by atoms with van der Waals surface area (Å²) < 4.78 is 1.15. The summed E-state index contributed by atoms with van der Waals surface area (Å²) in [6.07, 6.45) is 5.10. The Morgan fingerprint density at radius 3 is 2.85 bits per heavy atom. The van der Waals surface area contributed by atoms with E-state index in [1.807, 2.05) is 0 Å². The van der Waals surface area contributed by atoms with Gasteiger partial charge in [-0.3, -0.25) is 0 Å². The van der Waals surface area contributed by atoms with Crippen molar-refractivity contribution >= 4 is 33.6 Å². The van der Waals surface area contributed by atoms with Crippen LogP contribution in [-0.2, 0) is 0 Å². The molecule has 0 aromatic heterocycles. The summed E-state index contributed by atoms with van der Waals surface area (Å²) in [7, 11) is 0. The third-order valence-corrected chi connectivity index (χ3v) is 2.85. The molecule has 1 aromatic rings. The van der Waals surface area contributed by atoms with Gasteiger partial charge in [0.15, 0.2) is 0 Å². The summed E-state index contributed by atoms with van der Waals surface area (Å²) in [5.41, 5.74) is 2.47. The molecule has 0 aliphatic heterocycles. The van der Waals surface area contributed by atoms with Crippen molar-refractivity contribution in [3.05, 3.63) is 39.9 Å². The number of alkyl halides is 1. The average molecular weight is 260 g/mol. The van der Waals surface area contributed by atoms with Gasteiger partial charge in [0.2, 0.25) is 0 Å². The van der Waals surface area contributed by atoms with E-state index in [2.05, 4.69) is 53.2 Å². The molecular formula is C11H12BrCl. The van der Waals surface area contributed by atoms with Gasteiger partial charge in [0, 0.05) is 10.4 Å². The molecule has 0 atom stereocenters. The van der Waals surface area contributed by atoms with Crippen molar-refractivity contribution in [3.8, 4) is 0 Å². The van der Waals surface area contributed by atoms with Crippen molar-refractivity contribution < 1.29 is 0 Å². The molecular weight excluding hydrogens is 247 g/mol. The van der Waals surface area contributed by atoms with Gasteiger partial charge < -0.3 is 0 Å². The van der Waals surface area contributed by atoms with Crippen LogP contribution in [0.25, 0.3) is 6.08 Å². The molecule has 1 rings (SSSR count). The van der Waals surface area contributed by atoms with Crippen LogP contribution in [0, 0.1) is 6.92 Å².